The maximum atomic E-state index is 3.83. The van der Waals surface area contributed by atoms with Gasteiger partial charge in [0.15, 0.2) is 0 Å². The van der Waals surface area contributed by atoms with E-state index in [2.05, 4.69) is 144 Å². The first kappa shape index (κ1) is 23.9. The van der Waals surface area contributed by atoms with Gasteiger partial charge in [0.05, 0.1) is 5.69 Å². The van der Waals surface area contributed by atoms with Gasteiger partial charge in [-0.2, -0.15) is 0 Å². The van der Waals surface area contributed by atoms with Gasteiger partial charge in [-0.1, -0.05) is 97.6 Å². The second-order valence-corrected chi connectivity index (χ2v) is 8.78. The van der Waals surface area contributed by atoms with Gasteiger partial charge in [-0.15, -0.1) is 0 Å². The third-order valence-electron chi connectivity index (χ3n) is 6.30. The topological polar surface area (TPSA) is 15.3 Å². The molecule has 2 heteroatoms. The lowest BCUT2D eigenvalue weighted by Gasteiger charge is -2.27. The summed E-state index contributed by atoms with van der Waals surface area (Å²) in [4.78, 5) is 2.32. The van der Waals surface area contributed by atoms with E-state index in [0.717, 1.165) is 39.6 Å². The number of benzene rings is 5. The van der Waals surface area contributed by atoms with Crippen molar-refractivity contribution in [3.8, 4) is 0 Å². The summed E-state index contributed by atoms with van der Waals surface area (Å²) in [6.07, 6.45) is 7.98. The Bertz CT molecular complexity index is 1540. The number of fused-ring (bicyclic) bond motifs is 1. The van der Waals surface area contributed by atoms with E-state index in [1.165, 1.54) is 10.8 Å². The molecule has 5 rings (SSSR count). The van der Waals surface area contributed by atoms with Crippen LogP contribution in [0.1, 0.15) is 12.5 Å². The molecule has 2 nitrogen and oxygen atoms in total. The van der Waals surface area contributed by atoms with Crippen LogP contribution in [-0.4, -0.2) is 0 Å². The normalized spacial score (nSPS) is 11.5. The molecule has 0 aliphatic heterocycles. The molecular formula is C35H30N2. The predicted molar refractivity (Wildman–Crippen MR) is 161 cm³/mol. The Morgan fingerprint density at radius 1 is 0.676 bits per heavy atom. The van der Waals surface area contributed by atoms with Gasteiger partial charge in [0.2, 0.25) is 0 Å². The van der Waals surface area contributed by atoms with E-state index in [-0.39, 0.29) is 0 Å². The van der Waals surface area contributed by atoms with Gasteiger partial charge in [-0.05, 0) is 78.0 Å². The Hall–Kier alpha value is -4.82. The monoisotopic (exact) mass is 478 g/mol. The van der Waals surface area contributed by atoms with Crippen molar-refractivity contribution in [3.63, 3.8) is 0 Å². The molecule has 5 aromatic rings. The molecule has 0 aliphatic rings. The van der Waals surface area contributed by atoms with Crippen LogP contribution >= 0.6 is 0 Å². The summed E-state index contributed by atoms with van der Waals surface area (Å²) in [5, 5.41) is 5.98. The second kappa shape index (κ2) is 11.3. The minimum atomic E-state index is 1.04. The predicted octanol–water partition coefficient (Wildman–Crippen LogP) is 10.2. The Balaban J connectivity index is 1.44. The van der Waals surface area contributed by atoms with Gasteiger partial charge in [-0.3, -0.25) is 0 Å². The molecule has 0 saturated carbocycles. The molecule has 0 bridgehead atoms. The highest BCUT2D eigenvalue weighted by atomic mass is 15.1. The number of allylic oxidation sites excluding steroid dienone is 5. The number of nitrogens with one attached hydrogen (secondary N) is 1. The first-order valence-corrected chi connectivity index (χ1v) is 12.5. The lowest BCUT2D eigenvalue weighted by atomic mass is 10.0. The Labute approximate surface area is 219 Å². The molecule has 0 heterocycles. The number of hydrogen-bond acceptors (Lipinski definition) is 2. The maximum Gasteiger partial charge on any atom is 0.0540 e. The van der Waals surface area contributed by atoms with Crippen LogP contribution in [-0.2, 0) is 0 Å². The van der Waals surface area contributed by atoms with E-state index in [9.17, 15) is 0 Å². The fourth-order valence-corrected chi connectivity index (χ4v) is 4.57. The van der Waals surface area contributed by atoms with E-state index in [1.54, 1.807) is 0 Å². The molecule has 0 amide bonds. The average Bonchev–Trinajstić information content (AvgIpc) is 2.95. The van der Waals surface area contributed by atoms with E-state index >= 15 is 0 Å². The van der Waals surface area contributed by atoms with Crippen molar-refractivity contribution in [2.75, 3.05) is 10.2 Å². The fraction of sp³-hybridized carbons (Fsp3) is 0.0286. The molecule has 0 aliphatic carbocycles. The summed E-state index contributed by atoms with van der Waals surface area (Å²) in [6.45, 7) is 5.85. The molecule has 0 fully saturated rings. The fourth-order valence-electron chi connectivity index (χ4n) is 4.57. The van der Waals surface area contributed by atoms with Gasteiger partial charge < -0.3 is 10.2 Å². The van der Waals surface area contributed by atoms with E-state index in [4.69, 9.17) is 0 Å². The van der Waals surface area contributed by atoms with Crippen molar-refractivity contribution < 1.29 is 0 Å². The standard InChI is InChI=1S/C35H30N2/c1-3-11-27(12-4-2)28-19-21-30(22-20-28)36-31-23-25-33(26-24-31)37(32-15-6-5-7-16-32)35-18-10-14-29-13-8-9-17-34(29)35/h3-26,36H,1H2,2H3/b12-4-,27-11+. The number of anilines is 5. The molecule has 37 heavy (non-hydrogen) atoms. The highest BCUT2D eigenvalue weighted by molar-refractivity contribution is 5.98. The lowest BCUT2D eigenvalue weighted by Crippen LogP contribution is -2.10. The van der Waals surface area contributed by atoms with Gasteiger partial charge in [0.25, 0.3) is 0 Å². The van der Waals surface area contributed by atoms with Crippen LogP contribution in [0.4, 0.5) is 28.4 Å². The van der Waals surface area contributed by atoms with Crippen molar-refractivity contribution in [1.29, 1.82) is 0 Å². The number of rotatable bonds is 8. The third kappa shape index (κ3) is 5.39. The largest absolute Gasteiger partial charge is 0.356 e. The van der Waals surface area contributed by atoms with Crippen LogP contribution in [0.15, 0.2) is 152 Å². The molecule has 0 saturated heterocycles. The Morgan fingerprint density at radius 3 is 2.00 bits per heavy atom. The lowest BCUT2D eigenvalue weighted by molar-refractivity contribution is 1.30. The highest BCUT2D eigenvalue weighted by Crippen LogP contribution is 2.39. The van der Waals surface area contributed by atoms with E-state index in [1.807, 2.05) is 25.2 Å². The molecular weight excluding hydrogens is 448 g/mol. The third-order valence-corrected chi connectivity index (χ3v) is 6.30. The smallest absolute Gasteiger partial charge is 0.0540 e. The van der Waals surface area contributed by atoms with E-state index < -0.39 is 0 Å². The first-order valence-electron chi connectivity index (χ1n) is 12.5. The molecule has 0 radical (unpaired) electrons. The van der Waals surface area contributed by atoms with Crippen LogP contribution in [0.2, 0.25) is 0 Å². The zero-order valence-electron chi connectivity index (χ0n) is 21.0. The Kier molecular flexibility index (Phi) is 7.29. The van der Waals surface area contributed by atoms with Gasteiger partial charge in [0, 0.05) is 28.1 Å². The van der Waals surface area contributed by atoms with Crippen molar-refractivity contribution in [3.05, 3.63) is 158 Å². The number of hydrogen-bond donors (Lipinski definition) is 1. The summed E-state index contributed by atoms with van der Waals surface area (Å²) < 4.78 is 0. The number of nitrogens with zero attached hydrogens (tertiary/aromatic N) is 1. The summed E-state index contributed by atoms with van der Waals surface area (Å²) >= 11 is 0. The molecule has 180 valence electrons. The molecule has 0 aromatic heterocycles. The quantitative estimate of drug-likeness (QED) is 0.223. The minimum Gasteiger partial charge on any atom is -0.356 e. The van der Waals surface area contributed by atoms with Crippen LogP contribution in [0.5, 0.6) is 0 Å². The van der Waals surface area contributed by atoms with E-state index in [0.29, 0.717) is 0 Å². The summed E-state index contributed by atoms with van der Waals surface area (Å²) in [5.74, 6) is 0. The van der Waals surface area contributed by atoms with Crippen LogP contribution < -0.4 is 10.2 Å². The van der Waals surface area contributed by atoms with Crippen LogP contribution in [0.3, 0.4) is 0 Å². The zero-order chi connectivity index (χ0) is 25.5. The SMILES string of the molecule is C=C/C=C(\C=C/C)c1ccc(Nc2ccc(N(c3ccccc3)c3cccc4ccccc34)cc2)cc1. The average molecular weight is 479 g/mol. The maximum absolute atomic E-state index is 3.83. The van der Waals surface area contributed by atoms with Crippen molar-refractivity contribution in [1.82, 2.24) is 0 Å². The second-order valence-electron chi connectivity index (χ2n) is 8.78. The van der Waals surface area contributed by atoms with Crippen molar-refractivity contribution >= 4 is 44.8 Å². The molecule has 0 unspecified atom stereocenters. The molecule has 0 atom stereocenters. The minimum absolute atomic E-state index is 1.04. The summed E-state index contributed by atoms with van der Waals surface area (Å²) in [5.41, 5.74) is 7.77. The van der Waals surface area contributed by atoms with Gasteiger partial charge in [0.1, 0.15) is 0 Å². The Morgan fingerprint density at radius 2 is 1.30 bits per heavy atom. The summed E-state index contributed by atoms with van der Waals surface area (Å²) in [7, 11) is 0. The number of para-hydroxylation sites is 1. The molecule has 1 N–H and O–H groups in total. The molecule has 0 spiro atoms. The van der Waals surface area contributed by atoms with Gasteiger partial charge >= 0.3 is 0 Å². The van der Waals surface area contributed by atoms with Gasteiger partial charge in [-0.25, -0.2) is 0 Å². The van der Waals surface area contributed by atoms with Crippen molar-refractivity contribution in [2.24, 2.45) is 0 Å². The van der Waals surface area contributed by atoms with Crippen LogP contribution in [0, 0.1) is 0 Å². The summed E-state index contributed by atoms with van der Waals surface area (Å²) in [6, 6.07) is 42.6. The molecule has 5 aromatic carbocycles. The van der Waals surface area contributed by atoms with Crippen LogP contribution in [0.25, 0.3) is 16.3 Å². The highest BCUT2D eigenvalue weighted by Gasteiger charge is 2.14. The van der Waals surface area contributed by atoms with Crippen molar-refractivity contribution in [2.45, 2.75) is 6.92 Å². The zero-order valence-corrected chi connectivity index (χ0v) is 21.0. The first-order chi connectivity index (χ1) is 18.3.